The van der Waals surface area contributed by atoms with Crippen LogP contribution >= 0.6 is 0 Å². The molecule has 2 saturated carbocycles. The molecule has 1 heterocycles. The molecule has 0 radical (unpaired) electrons. The van der Waals surface area contributed by atoms with E-state index < -0.39 is 0 Å². The maximum Gasteiger partial charge on any atom is 0.224 e. The molecule has 2 N–H and O–H groups in total. The highest BCUT2D eigenvalue weighted by atomic mass is 16.2. The highest BCUT2D eigenvalue weighted by Gasteiger charge is 2.61. The van der Waals surface area contributed by atoms with Crippen LogP contribution in [-0.4, -0.2) is 25.0 Å². The maximum absolute atomic E-state index is 11.8. The van der Waals surface area contributed by atoms with Gasteiger partial charge in [0, 0.05) is 30.5 Å². The van der Waals surface area contributed by atoms with Crippen molar-refractivity contribution < 1.29 is 4.79 Å². The van der Waals surface area contributed by atoms with Crippen molar-refractivity contribution in [3.63, 3.8) is 0 Å². The lowest BCUT2D eigenvalue weighted by Gasteiger charge is -2.28. The molecule has 14 heavy (non-hydrogen) atoms. The Morgan fingerprint density at radius 2 is 2.21 bits per heavy atom. The van der Waals surface area contributed by atoms with E-state index in [1.165, 1.54) is 12.8 Å². The molecular weight excluding hydrogens is 176 g/mol. The minimum absolute atomic E-state index is 0.311. The van der Waals surface area contributed by atoms with Gasteiger partial charge < -0.3 is 10.6 Å². The molecule has 0 aromatic rings. The summed E-state index contributed by atoms with van der Waals surface area (Å²) in [6, 6.07) is 0.410. The summed E-state index contributed by atoms with van der Waals surface area (Å²) >= 11 is 0. The number of rotatable bonds is 3. The minimum atomic E-state index is 0.311. The standard InChI is InChI=1S/C11H18N2O/c1-7(8-2-3-8)13-10(14)9-4-11(9)5-12-6-11/h7-9,12H,2-6H2,1H3,(H,13,14). The SMILES string of the molecule is CC(NC(=O)C1CC12CNC2)C1CC1. The molecule has 3 aliphatic rings. The topological polar surface area (TPSA) is 41.1 Å². The van der Waals surface area contributed by atoms with Gasteiger partial charge in [0.1, 0.15) is 0 Å². The van der Waals surface area contributed by atoms with Crippen molar-refractivity contribution in [2.75, 3.05) is 13.1 Å². The van der Waals surface area contributed by atoms with Crippen molar-refractivity contribution >= 4 is 5.91 Å². The van der Waals surface area contributed by atoms with Crippen LogP contribution in [-0.2, 0) is 4.79 Å². The van der Waals surface area contributed by atoms with E-state index in [0.717, 1.165) is 25.4 Å². The third-order valence-electron chi connectivity index (χ3n) is 4.16. The van der Waals surface area contributed by atoms with Crippen LogP contribution in [0, 0.1) is 17.3 Å². The van der Waals surface area contributed by atoms with Gasteiger partial charge in [-0.25, -0.2) is 0 Å². The Bertz CT molecular complexity index is 268. The van der Waals surface area contributed by atoms with Crippen LogP contribution in [0.25, 0.3) is 0 Å². The molecule has 3 fully saturated rings. The van der Waals surface area contributed by atoms with Gasteiger partial charge >= 0.3 is 0 Å². The summed E-state index contributed by atoms with van der Waals surface area (Å²) < 4.78 is 0. The summed E-state index contributed by atoms with van der Waals surface area (Å²) in [6.07, 6.45) is 3.72. The third-order valence-corrected chi connectivity index (χ3v) is 4.16. The number of hydrogen-bond donors (Lipinski definition) is 2. The van der Waals surface area contributed by atoms with Crippen molar-refractivity contribution in [2.45, 2.75) is 32.2 Å². The van der Waals surface area contributed by atoms with E-state index in [0.29, 0.717) is 23.3 Å². The summed E-state index contributed by atoms with van der Waals surface area (Å²) in [6.45, 7) is 4.26. The zero-order valence-electron chi connectivity index (χ0n) is 8.68. The number of amides is 1. The number of nitrogens with one attached hydrogen (secondary N) is 2. The van der Waals surface area contributed by atoms with Gasteiger partial charge in [0.2, 0.25) is 5.91 Å². The molecule has 0 bridgehead atoms. The van der Waals surface area contributed by atoms with Crippen LogP contribution in [0.3, 0.4) is 0 Å². The smallest absolute Gasteiger partial charge is 0.224 e. The summed E-state index contributed by atoms with van der Waals surface area (Å²) in [5.74, 6) is 1.41. The normalized spacial score (nSPS) is 34.8. The van der Waals surface area contributed by atoms with Crippen LogP contribution in [0.15, 0.2) is 0 Å². The van der Waals surface area contributed by atoms with Crippen molar-refractivity contribution in [3.8, 4) is 0 Å². The van der Waals surface area contributed by atoms with Gasteiger partial charge in [0.25, 0.3) is 0 Å². The summed E-state index contributed by atoms with van der Waals surface area (Å²) in [5, 5.41) is 6.42. The molecule has 1 amide bonds. The van der Waals surface area contributed by atoms with Gasteiger partial charge in [0.05, 0.1) is 0 Å². The van der Waals surface area contributed by atoms with Crippen LogP contribution in [0.4, 0.5) is 0 Å². The fourth-order valence-electron chi connectivity index (χ4n) is 2.59. The lowest BCUT2D eigenvalue weighted by Crippen LogP contribution is -2.48. The van der Waals surface area contributed by atoms with E-state index in [2.05, 4.69) is 17.6 Å². The first-order chi connectivity index (χ1) is 6.71. The van der Waals surface area contributed by atoms with Crippen molar-refractivity contribution in [3.05, 3.63) is 0 Å². The molecule has 1 spiro atoms. The van der Waals surface area contributed by atoms with Crippen LogP contribution < -0.4 is 10.6 Å². The van der Waals surface area contributed by atoms with Gasteiger partial charge in [-0.05, 0) is 32.1 Å². The van der Waals surface area contributed by atoms with Crippen molar-refractivity contribution in [1.29, 1.82) is 0 Å². The predicted octanol–water partition coefficient (Wildman–Crippen LogP) is 0.511. The monoisotopic (exact) mass is 194 g/mol. The van der Waals surface area contributed by atoms with Gasteiger partial charge in [0.15, 0.2) is 0 Å². The van der Waals surface area contributed by atoms with E-state index in [1.54, 1.807) is 0 Å². The molecule has 1 saturated heterocycles. The number of hydrogen-bond acceptors (Lipinski definition) is 2. The minimum Gasteiger partial charge on any atom is -0.353 e. The van der Waals surface area contributed by atoms with Gasteiger partial charge in [-0.3, -0.25) is 4.79 Å². The fraction of sp³-hybridized carbons (Fsp3) is 0.909. The van der Waals surface area contributed by atoms with Crippen molar-refractivity contribution in [1.82, 2.24) is 10.6 Å². The molecule has 3 heteroatoms. The first kappa shape index (κ1) is 8.72. The Labute approximate surface area is 84.6 Å². The van der Waals surface area contributed by atoms with E-state index in [9.17, 15) is 4.79 Å². The molecule has 0 aromatic carbocycles. The first-order valence-electron chi connectivity index (χ1n) is 5.72. The zero-order valence-corrected chi connectivity index (χ0v) is 8.68. The fourth-order valence-corrected chi connectivity index (χ4v) is 2.59. The van der Waals surface area contributed by atoms with Crippen LogP contribution in [0.1, 0.15) is 26.2 Å². The van der Waals surface area contributed by atoms with Crippen LogP contribution in [0.5, 0.6) is 0 Å². The summed E-state index contributed by atoms with van der Waals surface area (Å²) in [5.41, 5.74) is 0.382. The molecule has 2 atom stereocenters. The quantitative estimate of drug-likeness (QED) is 0.687. The maximum atomic E-state index is 11.8. The third kappa shape index (κ3) is 1.26. The Hall–Kier alpha value is -0.570. The highest BCUT2D eigenvalue weighted by molar-refractivity contribution is 5.83. The van der Waals surface area contributed by atoms with E-state index in [-0.39, 0.29) is 0 Å². The second kappa shape index (κ2) is 2.72. The van der Waals surface area contributed by atoms with Gasteiger partial charge in [-0.1, -0.05) is 0 Å². The first-order valence-corrected chi connectivity index (χ1v) is 5.72. The van der Waals surface area contributed by atoms with E-state index in [4.69, 9.17) is 0 Å². The second-order valence-corrected chi connectivity index (χ2v) is 5.36. The molecule has 2 aliphatic carbocycles. The second-order valence-electron chi connectivity index (χ2n) is 5.36. The summed E-state index contributed by atoms with van der Waals surface area (Å²) in [7, 11) is 0. The number of carbonyl (C=O) groups excluding carboxylic acids is 1. The largest absolute Gasteiger partial charge is 0.353 e. The molecule has 3 nitrogen and oxygen atoms in total. The Balaban J connectivity index is 1.51. The predicted molar refractivity (Wildman–Crippen MR) is 53.7 cm³/mol. The van der Waals surface area contributed by atoms with Crippen LogP contribution in [0.2, 0.25) is 0 Å². The molecule has 1 aliphatic heterocycles. The van der Waals surface area contributed by atoms with Gasteiger partial charge in [-0.15, -0.1) is 0 Å². The lowest BCUT2D eigenvalue weighted by atomic mass is 9.96. The zero-order chi connectivity index (χ0) is 9.76. The molecular formula is C11H18N2O. The Morgan fingerprint density at radius 3 is 2.64 bits per heavy atom. The average molecular weight is 194 g/mol. The molecule has 3 rings (SSSR count). The van der Waals surface area contributed by atoms with E-state index >= 15 is 0 Å². The highest BCUT2D eigenvalue weighted by Crippen LogP contribution is 2.55. The van der Waals surface area contributed by atoms with Crippen molar-refractivity contribution in [2.24, 2.45) is 17.3 Å². The number of carbonyl (C=O) groups is 1. The average Bonchev–Trinajstić information content (AvgIpc) is 2.97. The molecule has 78 valence electrons. The molecule has 2 unspecified atom stereocenters. The molecule has 0 aromatic heterocycles. The Kier molecular flexibility index (Phi) is 1.69. The lowest BCUT2D eigenvalue weighted by molar-refractivity contribution is -0.124. The summed E-state index contributed by atoms with van der Waals surface area (Å²) in [4.78, 5) is 11.8. The van der Waals surface area contributed by atoms with Gasteiger partial charge in [-0.2, -0.15) is 0 Å². The van der Waals surface area contributed by atoms with E-state index in [1.807, 2.05) is 0 Å². The Morgan fingerprint density at radius 1 is 1.50 bits per heavy atom.